The Morgan fingerprint density at radius 2 is 2.05 bits per heavy atom. The smallest absolute Gasteiger partial charge is 0.331 e. The molecule has 1 heterocycles. The number of nitrogens with one attached hydrogen (secondary N) is 3. The molecule has 0 spiro atoms. The maximum absolute atomic E-state index is 12.2. The molecule has 8 heteroatoms. The first-order valence-corrected chi connectivity index (χ1v) is 5.90. The molecular weight excluding hydrogens is 325 g/mol. The number of nitrogens with zero attached hydrogens (tertiary/aromatic N) is 1. The lowest BCUT2D eigenvalue weighted by atomic mass is 10.3. The number of halogens is 4. The van der Waals surface area contributed by atoms with Crippen molar-refractivity contribution in [3.63, 3.8) is 0 Å². The minimum absolute atomic E-state index is 0.299. The van der Waals surface area contributed by atoms with E-state index in [1.807, 2.05) is 6.07 Å². The predicted octanol–water partition coefficient (Wildman–Crippen LogP) is 3.79. The molecule has 0 aliphatic carbocycles. The fraction of sp³-hybridized carbons (Fsp3) is 0.0909. The third kappa shape index (κ3) is 3.14. The van der Waals surface area contributed by atoms with E-state index in [4.69, 9.17) is 5.41 Å². The minimum Gasteiger partial charge on any atom is -0.331 e. The normalized spacial score (nSPS) is 12.7. The van der Waals surface area contributed by atoms with Gasteiger partial charge in [0.15, 0.2) is 5.71 Å². The summed E-state index contributed by atoms with van der Waals surface area (Å²) in [5.74, 6) is 0.299. The summed E-state index contributed by atoms with van der Waals surface area (Å²) in [5, 5.41) is 9.48. The number of rotatable bonds is 3. The summed E-state index contributed by atoms with van der Waals surface area (Å²) >= 11 is 2.69. The molecule has 0 saturated heterocycles. The molecule has 3 N–H and O–H groups in total. The van der Waals surface area contributed by atoms with Crippen LogP contribution in [0.15, 0.2) is 34.9 Å². The first kappa shape index (κ1) is 13.6. The minimum atomic E-state index is -4.69. The number of aromatic amines is 1. The van der Waals surface area contributed by atoms with Crippen molar-refractivity contribution in [3.05, 3.63) is 34.9 Å². The number of para-hydroxylation sites is 2. The zero-order chi connectivity index (χ0) is 14.0. The predicted molar refractivity (Wildman–Crippen MR) is 70.5 cm³/mol. The van der Waals surface area contributed by atoms with Gasteiger partial charge in [-0.15, -0.1) is 0 Å². The Morgan fingerprint density at radius 1 is 1.37 bits per heavy atom. The molecule has 0 atom stereocenters. The van der Waals surface area contributed by atoms with Crippen molar-refractivity contribution in [2.75, 3.05) is 5.32 Å². The van der Waals surface area contributed by atoms with Gasteiger partial charge in [0.05, 0.1) is 15.5 Å². The largest absolute Gasteiger partial charge is 0.433 e. The zero-order valence-corrected chi connectivity index (χ0v) is 10.9. The fourth-order valence-electron chi connectivity index (χ4n) is 1.36. The molecular formula is C11H8BrF3N4. The molecule has 0 amide bonds. The number of anilines is 1. The lowest BCUT2D eigenvalue weighted by molar-refractivity contribution is -0.0585. The average Bonchev–Trinajstić information content (AvgIpc) is 2.76. The zero-order valence-electron chi connectivity index (χ0n) is 9.35. The first-order valence-electron chi connectivity index (χ1n) is 5.11. The topological polar surface area (TPSA) is 64.6 Å². The third-order valence-corrected chi connectivity index (χ3v) is 2.87. The van der Waals surface area contributed by atoms with Crippen LogP contribution in [0.2, 0.25) is 0 Å². The van der Waals surface area contributed by atoms with E-state index in [1.165, 1.54) is 0 Å². The second-order valence-corrected chi connectivity index (χ2v) is 4.47. The van der Waals surface area contributed by atoms with Gasteiger partial charge in [0.2, 0.25) is 5.95 Å². The van der Waals surface area contributed by atoms with Crippen LogP contribution < -0.4 is 5.32 Å². The molecule has 0 bridgehead atoms. The Kier molecular flexibility index (Phi) is 3.61. The molecule has 19 heavy (non-hydrogen) atoms. The highest BCUT2D eigenvalue weighted by molar-refractivity contribution is 9.12. The van der Waals surface area contributed by atoms with Crippen molar-refractivity contribution in [3.8, 4) is 0 Å². The van der Waals surface area contributed by atoms with Crippen LogP contribution in [-0.4, -0.2) is 21.9 Å². The highest BCUT2D eigenvalue weighted by Gasteiger charge is 2.35. The van der Waals surface area contributed by atoms with Crippen LogP contribution in [0, 0.1) is 5.41 Å². The average molecular weight is 333 g/mol. The van der Waals surface area contributed by atoms with E-state index in [1.54, 1.807) is 18.2 Å². The van der Waals surface area contributed by atoms with Crippen LogP contribution in [0.25, 0.3) is 11.0 Å². The molecule has 1 aromatic carbocycles. The van der Waals surface area contributed by atoms with Crippen LogP contribution in [-0.2, 0) is 0 Å². The number of aromatic nitrogens is 2. The molecule has 0 fully saturated rings. The molecule has 1 aromatic heterocycles. The molecule has 0 radical (unpaired) electrons. The van der Waals surface area contributed by atoms with Crippen LogP contribution in [0.1, 0.15) is 0 Å². The Hall–Kier alpha value is -1.83. The summed E-state index contributed by atoms with van der Waals surface area (Å²) < 4.78 is 36.3. The Labute approximate surface area is 114 Å². The van der Waals surface area contributed by atoms with E-state index in [2.05, 4.69) is 31.2 Å². The van der Waals surface area contributed by atoms with Crippen LogP contribution in [0.3, 0.4) is 0 Å². The van der Waals surface area contributed by atoms with E-state index in [-0.39, 0.29) is 0 Å². The maximum Gasteiger partial charge on any atom is 0.433 e. The number of imidazole rings is 1. The summed E-state index contributed by atoms with van der Waals surface area (Å²) in [4.78, 5) is 7.01. The summed E-state index contributed by atoms with van der Waals surface area (Å²) in [6, 6.07) is 7.19. The molecule has 0 aliphatic heterocycles. The number of fused-ring (bicyclic) bond motifs is 1. The van der Waals surface area contributed by atoms with Crippen LogP contribution >= 0.6 is 15.9 Å². The van der Waals surface area contributed by atoms with Gasteiger partial charge in [-0.25, -0.2) is 4.98 Å². The van der Waals surface area contributed by atoms with E-state index in [9.17, 15) is 13.2 Å². The number of H-pyrrole nitrogens is 1. The Bertz CT molecular complexity index is 612. The lowest BCUT2D eigenvalue weighted by Crippen LogP contribution is -2.22. The second kappa shape index (κ2) is 5.04. The van der Waals surface area contributed by atoms with Gasteiger partial charge >= 0.3 is 6.18 Å². The van der Waals surface area contributed by atoms with Gasteiger partial charge < -0.3 is 10.3 Å². The highest BCUT2D eigenvalue weighted by atomic mass is 79.9. The molecule has 0 unspecified atom stereocenters. The van der Waals surface area contributed by atoms with Crippen molar-refractivity contribution in [1.29, 1.82) is 5.41 Å². The van der Waals surface area contributed by atoms with Crippen molar-refractivity contribution in [1.82, 2.24) is 9.97 Å². The SMILES string of the molecule is N=C(/C(Br)=C\Nc1nc2ccccc2[nH]1)C(F)(F)F. The van der Waals surface area contributed by atoms with Crippen LogP contribution in [0.5, 0.6) is 0 Å². The van der Waals surface area contributed by atoms with Gasteiger partial charge in [-0.1, -0.05) is 12.1 Å². The summed E-state index contributed by atoms with van der Waals surface area (Å²) in [6.45, 7) is 0. The highest BCUT2D eigenvalue weighted by Crippen LogP contribution is 2.24. The number of hydrogen-bond acceptors (Lipinski definition) is 3. The van der Waals surface area contributed by atoms with Gasteiger partial charge in [-0.05, 0) is 28.1 Å². The van der Waals surface area contributed by atoms with Gasteiger partial charge in [0, 0.05) is 6.20 Å². The van der Waals surface area contributed by atoms with Gasteiger partial charge in [0.25, 0.3) is 0 Å². The molecule has 2 aromatic rings. The quantitative estimate of drug-likeness (QED) is 0.748. The van der Waals surface area contributed by atoms with Crippen LogP contribution in [0.4, 0.5) is 19.1 Å². The standard InChI is InChI=1S/C11H8BrF3N4/c12-6(9(16)11(13,14)15)5-17-10-18-7-3-1-2-4-8(7)19-10/h1-5,16H,(H2,17,18,19)/b6-5+,16-9?. The van der Waals surface area contributed by atoms with Crippen molar-refractivity contribution < 1.29 is 13.2 Å². The monoisotopic (exact) mass is 332 g/mol. The third-order valence-electron chi connectivity index (χ3n) is 2.25. The maximum atomic E-state index is 12.2. The van der Waals surface area contributed by atoms with Crippen molar-refractivity contribution in [2.45, 2.75) is 6.18 Å². The molecule has 0 saturated carbocycles. The summed E-state index contributed by atoms with van der Waals surface area (Å²) in [6.07, 6.45) is -3.67. The number of hydrogen-bond donors (Lipinski definition) is 3. The van der Waals surface area contributed by atoms with Crippen molar-refractivity contribution >= 4 is 38.6 Å². The Morgan fingerprint density at radius 3 is 2.68 bits per heavy atom. The van der Waals surface area contributed by atoms with Gasteiger partial charge in [-0.2, -0.15) is 13.2 Å². The number of alkyl halides is 3. The molecule has 100 valence electrons. The summed E-state index contributed by atoms with van der Waals surface area (Å²) in [5.41, 5.74) is -0.00282. The lowest BCUT2D eigenvalue weighted by Gasteiger charge is -2.06. The molecule has 0 aliphatic rings. The van der Waals surface area contributed by atoms with E-state index in [0.29, 0.717) is 11.5 Å². The van der Waals surface area contributed by atoms with E-state index < -0.39 is 16.4 Å². The number of allylic oxidation sites excluding steroid dienone is 1. The van der Waals surface area contributed by atoms with E-state index >= 15 is 0 Å². The van der Waals surface area contributed by atoms with Gasteiger partial charge in [0.1, 0.15) is 0 Å². The van der Waals surface area contributed by atoms with E-state index in [0.717, 1.165) is 11.7 Å². The Balaban J connectivity index is 2.15. The van der Waals surface area contributed by atoms with Gasteiger partial charge in [-0.3, -0.25) is 5.41 Å². The first-order chi connectivity index (χ1) is 8.88. The number of benzene rings is 1. The summed E-state index contributed by atoms with van der Waals surface area (Å²) in [7, 11) is 0. The fourth-order valence-corrected chi connectivity index (χ4v) is 1.70. The second-order valence-electron chi connectivity index (χ2n) is 3.61. The van der Waals surface area contributed by atoms with Crippen molar-refractivity contribution in [2.24, 2.45) is 0 Å². The molecule has 2 rings (SSSR count). The molecule has 4 nitrogen and oxygen atoms in total.